The van der Waals surface area contributed by atoms with Crippen molar-refractivity contribution in [2.75, 3.05) is 17.1 Å². The van der Waals surface area contributed by atoms with E-state index in [1.165, 1.54) is 10.6 Å². The van der Waals surface area contributed by atoms with Gasteiger partial charge in [0.2, 0.25) is 10.0 Å². The van der Waals surface area contributed by atoms with E-state index in [-0.39, 0.29) is 5.91 Å². The highest BCUT2D eigenvalue weighted by atomic mass is 79.9. The first-order valence-electron chi connectivity index (χ1n) is 7.48. The zero-order chi connectivity index (χ0) is 17.3. The van der Waals surface area contributed by atoms with E-state index in [2.05, 4.69) is 21.2 Å². The molecule has 1 N–H and O–H groups in total. The van der Waals surface area contributed by atoms with Gasteiger partial charge in [0.15, 0.2) is 0 Å². The van der Waals surface area contributed by atoms with Crippen molar-refractivity contribution < 1.29 is 13.2 Å². The number of rotatable bonds is 4. The van der Waals surface area contributed by atoms with E-state index in [9.17, 15) is 13.2 Å². The van der Waals surface area contributed by atoms with Crippen LogP contribution in [-0.4, -0.2) is 27.1 Å². The Labute approximate surface area is 149 Å². The highest BCUT2D eigenvalue weighted by molar-refractivity contribution is 9.10. The minimum atomic E-state index is -3.27. The van der Waals surface area contributed by atoms with Gasteiger partial charge < -0.3 is 5.32 Å². The van der Waals surface area contributed by atoms with E-state index >= 15 is 0 Å². The molecule has 0 fully saturated rings. The Morgan fingerprint density at radius 1 is 1.25 bits per heavy atom. The fourth-order valence-electron chi connectivity index (χ4n) is 2.79. The number of benzene rings is 2. The summed E-state index contributed by atoms with van der Waals surface area (Å²) in [6.45, 7) is 0.863. The van der Waals surface area contributed by atoms with Crippen LogP contribution in [0.15, 0.2) is 46.9 Å². The Morgan fingerprint density at radius 2 is 2.04 bits per heavy atom. The molecular formula is C17H17BrN2O3S. The van der Waals surface area contributed by atoms with Crippen LogP contribution in [0.1, 0.15) is 21.5 Å². The average Bonchev–Trinajstić information content (AvgIpc) is 2.96. The number of fused-ring (bicyclic) bond motifs is 1. The molecule has 5 nitrogen and oxygen atoms in total. The summed E-state index contributed by atoms with van der Waals surface area (Å²) in [5, 5.41) is 2.88. The number of amides is 1. The molecule has 0 unspecified atom stereocenters. The first kappa shape index (κ1) is 17.0. The molecule has 1 amide bonds. The van der Waals surface area contributed by atoms with Crippen molar-refractivity contribution in [1.29, 1.82) is 0 Å². The molecule has 3 rings (SSSR count). The Kier molecular flexibility index (Phi) is 4.64. The fraction of sp³-hybridized carbons (Fsp3) is 0.235. The highest BCUT2D eigenvalue weighted by Crippen LogP contribution is 2.30. The summed E-state index contributed by atoms with van der Waals surface area (Å²) >= 11 is 3.40. The van der Waals surface area contributed by atoms with Crippen LogP contribution < -0.4 is 9.62 Å². The number of anilines is 1. The summed E-state index contributed by atoms with van der Waals surface area (Å²) in [7, 11) is -3.27. The molecule has 1 heterocycles. The summed E-state index contributed by atoms with van der Waals surface area (Å²) in [6, 6.07) is 12.9. The molecule has 0 radical (unpaired) electrons. The van der Waals surface area contributed by atoms with Crippen molar-refractivity contribution in [3.8, 4) is 0 Å². The molecule has 0 aromatic heterocycles. The molecule has 1 aliphatic rings. The number of hydrogen-bond donors (Lipinski definition) is 1. The number of hydrogen-bond acceptors (Lipinski definition) is 3. The number of sulfonamides is 1. The van der Waals surface area contributed by atoms with Gasteiger partial charge >= 0.3 is 0 Å². The van der Waals surface area contributed by atoms with Gasteiger partial charge in [-0.25, -0.2) is 8.42 Å². The van der Waals surface area contributed by atoms with E-state index in [4.69, 9.17) is 0 Å². The van der Waals surface area contributed by atoms with Crippen LogP contribution in [0.3, 0.4) is 0 Å². The quantitative estimate of drug-likeness (QED) is 0.845. The molecule has 2 aromatic rings. The standard InChI is InChI=1S/C17H17BrN2O3S/c1-24(22,23)20-8-7-13-10-14(5-6-16(13)20)17(21)19-11-12-3-2-4-15(18)9-12/h2-6,9-10H,7-8,11H2,1H3,(H,19,21). The van der Waals surface area contributed by atoms with E-state index in [1.54, 1.807) is 18.2 Å². The zero-order valence-corrected chi connectivity index (χ0v) is 15.5. The lowest BCUT2D eigenvalue weighted by molar-refractivity contribution is 0.0951. The molecule has 0 atom stereocenters. The molecule has 0 spiro atoms. The van der Waals surface area contributed by atoms with Crippen LogP contribution in [0.4, 0.5) is 5.69 Å². The van der Waals surface area contributed by atoms with Gasteiger partial charge in [-0.3, -0.25) is 9.10 Å². The maximum absolute atomic E-state index is 12.3. The Morgan fingerprint density at radius 3 is 2.75 bits per heavy atom. The number of halogens is 1. The summed E-state index contributed by atoms with van der Waals surface area (Å²) in [5.74, 6) is -0.171. The largest absolute Gasteiger partial charge is 0.348 e. The van der Waals surface area contributed by atoms with Crippen LogP contribution in [0, 0.1) is 0 Å². The predicted octanol–water partition coefficient (Wildman–Crippen LogP) is 2.70. The minimum absolute atomic E-state index is 0.171. The summed E-state index contributed by atoms with van der Waals surface area (Å²) < 4.78 is 25.8. The van der Waals surface area contributed by atoms with Gasteiger partial charge in [0.25, 0.3) is 5.91 Å². The van der Waals surface area contributed by atoms with Crippen molar-refractivity contribution >= 4 is 37.5 Å². The van der Waals surface area contributed by atoms with Crippen LogP contribution in [0.2, 0.25) is 0 Å². The maximum Gasteiger partial charge on any atom is 0.251 e. The van der Waals surface area contributed by atoms with Crippen molar-refractivity contribution in [1.82, 2.24) is 5.32 Å². The second-order valence-electron chi connectivity index (χ2n) is 5.74. The highest BCUT2D eigenvalue weighted by Gasteiger charge is 2.26. The molecule has 24 heavy (non-hydrogen) atoms. The van der Waals surface area contributed by atoms with Gasteiger partial charge in [0.1, 0.15) is 0 Å². The fourth-order valence-corrected chi connectivity index (χ4v) is 4.19. The molecule has 0 bridgehead atoms. The first-order valence-corrected chi connectivity index (χ1v) is 10.1. The van der Waals surface area contributed by atoms with Crippen LogP contribution in [0.25, 0.3) is 0 Å². The van der Waals surface area contributed by atoms with Gasteiger partial charge in [-0.15, -0.1) is 0 Å². The predicted molar refractivity (Wildman–Crippen MR) is 97.6 cm³/mol. The van der Waals surface area contributed by atoms with Gasteiger partial charge in [-0.05, 0) is 47.9 Å². The molecule has 7 heteroatoms. The summed E-state index contributed by atoms with van der Waals surface area (Å²) in [4.78, 5) is 12.3. The van der Waals surface area contributed by atoms with Gasteiger partial charge in [0.05, 0.1) is 11.9 Å². The third-order valence-corrected chi connectivity index (χ3v) is 5.61. The van der Waals surface area contributed by atoms with Gasteiger partial charge in [0, 0.05) is 23.1 Å². The minimum Gasteiger partial charge on any atom is -0.348 e. The summed E-state index contributed by atoms with van der Waals surface area (Å²) in [5.41, 5.74) is 3.10. The SMILES string of the molecule is CS(=O)(=O)N1CCc2cc(C(=O)NCc3cccc(Br)c3)ccc21. The smallest absolute Gasteiger partial charge is 0.251 e. The topological polar surface area (TPSA) is 66.5 Å². The van der Waals surface area contributed by atoms with Gasteiger partial charge in [-0.2, -0.15) is 0 Å². The van der Waals surface area contributed by atoms with Crippen molar-refractivity contribution in [2.24, 2.45) is 0 Å². The normalized spacial score (nSPS) is 13.7. The number of carbonyl (C=O) groups excluding carboxylic acids is 1. The van der Waals surface area contributed by atoms with E-state index in [0.29, 0.717) is 30.8 Å². The lowest BCUT2D eigenvalue weighted by atomic mass is 10.1. The number of carbonyl (C=O) groups is 1. The zero-order valence-electron chi connectivity index (χ0n) is 13.1. The van der Waals surface area contributed by atoms with Crippen LogP contribution >= 0.6 is 15.9 Å². The maximum atomic E-state index is 12.3. The van der Waals surface area contributed by atoms with Crippen molar-refractivity contribution in [3.63, 3.8) is 0 Å². The van der Waals surface area contributed by atoms with E-state index in [0.717, 1.165) is 15.6 Å². The van der Waals surface area contributed by atoms with E-state index < -0.39 is 10.0 Å². The lowest BCUT2D eigenvalue weighted by Gasteiger charge is -2.16. The number of nitrogens with one attached hydrogen (secondary N) is 1. The molecule has 126 valence electrons. The molecule has 0 saturated heterocycles. The molecule has 2 aromatic carbocycles. The van der Waals surface area contributed by atoms with Crippen molar-refractivity contribution in [2.45, 2.75) is 13.0 Å². The van der Waals surface area contributed by atoms with Gasteiger partial charge in [-0.1, -0.05) is 28.1 Å². The lowest BCUT2D eigenvalue weighted by Crippen LogP contribution is -2.27. The molecular weight excluding hydrogens is 392 g/mol. The number of nitrogens with zero attached hydrogens (tertiary/aromatic N) is 1. The molecule has 1 aliphatic heterocycles. The first-order chi connectivity index (χ1) is 11.3. The van der Waals surface area contributed by atoms with E-state index in [1.807, 2.05) is 24.3 Å². The van der Waals surface area contributed by atoms with Crippen molar-refractivity contribution in [3.05, 3.63) is 63.6 Å². The average molecular weight is 409 g/mol. The molecule has 0 aliphatic carbocycles. The van der Waals surface area contributed by atoms with Crippen LogP contribution in [-0.2, 0) is 23.0 Å². The Bertz CT molecular complexity index is 896. The van der Waals surface area contributed by atoms with Crippen LogP contribution in [0.5, 0.6) is 0 Å². The Hall–Kier alpha value is -1.86. The Balaban J connectivity index is 1.73. The second kappa shape index (κ2) is 6.57. The third-order valence-electron chi connectivity index (χ3n) is 3.94. The molecule has 0 saturated carbocycles. The third kappa shape index (κ3) is 3.62. The summed E-state index contributed by atoms with van der Waals surface area (Å²) in [6.07, 6.45) is 1.82. The monoisotopic (exact) mass is 408 g/mol. The second-order valence-corrected chi connectivity index (χ2v) is 8.56.